The van der Waals surface area contributed by atoms with Crippen LogP contribution in [0.5, 0.6) is 0 Å². The molecule has 0 aliphatic carbocycles. The second-order valence-electron chi connectivity index (χ2n) is 6.21. The number of anilines is 1. The maximum Gasteiger partial charge on any atom is 0.277 e. The summed E-state index contributed by atoms with van der Waals surface area (Å²) in [5.41, 5.74) is 3.63. The minimum atomic E-state index is -0.330. The minimum Gasteiger partial charge on any atom is -0.355 e. The monoisotopic (exact) mass is 358 g/mol. The Morgan fingerprint density at radius 2 is 1.78 bits per heavy atom. The lowest BCUT2D eigenvalue weighted by atomic mass is 10.1. The quantitative estimate of drug-likeness (QED) is 0.582. The third kappa shape index (κ3) is 3.79. The van der Waals surface area contributed by atoms with Gasteiger partial charge in [0.2, 0.25) is 0 Å². The van der Waals surface area contributed by atoms with Crippen molar-refractivity contribution in [1.29, 1.82) is 0 Å². The van der Waals surface area contributed by atoms with Gasteiger partial charge in [-0.05, 0) is 12.5 Å². The molecular formula is C21H18N4O2. The summed E-state index contributed by atoms with van der Waals surface area (Å²) < 4.78 is 7.10. The van der Waals surface area contributed by atoms with Crippen LogP contribution >= 0.6 is 0 Å². The number of nitrogens with zero attached hydrogens (tertiary/aromatic N) is 3. The van der Waals surface area contributed by atoms with Gasteiger partial charge in [0.1, 0.15) is 0 Å². The lowest BCUT2D eigenvalue weighted by molar-refractivity contribution is 0.101. The average Bonchev–Trinajstić information content (AvgIpc) is 3.31. The van der Waals surface area contributed by atoms with Crippen molar-refractivity contribution in [1.82, 2.24) is 14.9 Å². The average molecular weight is 358 g/mol. The molecule has 2 aromatic heterocycles. The summed E-state index contributed by atoms with van der Waals surface area (Å²) >= 11 is 0. The van der Waals surface area contributed by atoms with Crippen LogP contribution in [0, 0.1) is 6.92 Å². The fourth-order valence-corrected chi connectivity index (χ4v) is 2.80. The van der Waals surface area contributed by atoms with Gasteiger partial charge >= 0.3 is 0 Å². The molecular weight excluding hydrogens is 340 g/mol. The highest BCUT2D eigenvalue weighted by molar-refractivity contribution is 6.03. The Kier molecular flexibility index (Phi) is 4.53. The zero-order valence-corrected chi connectivity index (χ0v) is 14.8. The summed E-state index contributed by atoms with van der Waals surface area (Å²) in [7, 11) is 0. The van der Waals surface area contributed by atoms with E-state index in [1.54, 1.807) is 10.7 Å². The topological polar surface area (TPSA) is 73.0 Å². The molecule has 0 bridgehead atoms. The minimum absolute atomic E-state index is 0.226. The number of aromatic nitrogens is 3. The van der Waals surface area contributed by atoms with Crippen LogP contribution < -0.4 is 5.32 Å². The predicted octanol–water partition coefficient (Wildman–Crippen LogP) is 4.15. The Labute approximate surface area is 156 Å². The first-order chi connectivity index (χ1) is 13.2. The molecule has 4 rings (SSSR count). The van der Waals surface area contributed by atoms with E-state index in [1.807, 2.05) is 73.8 Å². The lowest BCUT2D eigenvalue weighted by Crippen LogP contribution is -2.12. The Morgan fingerprint density at radius 3 is 2.52 bits per heavy atom. The van der Waals surface area contributed by atoms with E-state index in [9.17, 15) is 4.79 Å². The molecule has 0 unspecified atom stereocenters. The number of rotatable bonds is 5. The highest BCUT2D eigenvalue weighted by Crippen LogP contribution is 2.21. The summed E-state index contributed by atoms with van der Waals surface area (Å²) in [6.07, 6.45) is 1.82. The number of benzene rings is 2. The van der Waals surface area contributed by atoms with Gasteiger partial charge < -0.3 is 9.84 Å². The summed E-state index contributed by atoms with van der Waals surface area (Å²) in [6.45, 7) is 2.50. The van der Waals surface area contributed by atoms with Crippen molar-refractivity contribution in [2.24, 2.45) is 0 Å². The maximum absolute atomic E-state index is 12.5. The molecule has 0 atom stereocenters. The first-order valence-corrected chi connectivity index (χ1v) is 8.60. The molecule has 0 fully saturated rings. The largest absolute Gasteiger partial charge is 0.355 e. The second-order valence-corrected chi connectivity index (χ2v) is 6.21. The van der Waals surface area contributed by atoms with E-state index >= 15 is 0 Å². The third-order valence-corrected chi connectivity index (χ3v) is 4.18. The van der Waals surface area contributed by atoms with E-state index in [0.29, 0.717) is 18.0 Å². The third-order valence-electron chi connectivity index (χ3n) is 4.18. The van der Waals surface area contributed by atoms with Crippen LogP contribution in [0.2, 0.25) is 0 Å². The molecule has 134 valence electrons. The molecule has 27 heavy (non-hydrogen) atoms. The van der Waals surface area contributed by atoms with E-state index in [1.165, 1.54) is 0 Å². The van der Waals surface area contributed by atoms with Crippen molar-refractivity contribution in [3.63, 3.8) is 0 Å². The van der Waals surface area contributed by atoms with Crippen molar-refractivity contribution in [3.05, 3.63) is 89.9 Å². The van der Waals surface area contributed by atoms with E-state index in [0.717, 1.165) is 16.8 Å². The number of hydrogen-bond donors (Lipinski definition) is 1. The Bertz CT molecular complexity index is 1050. The Balaban J connectivity index is 1.48. The van der Waals surface area contributed by atoms with Crippen LogP contribution in [0.25, 0.3) is 11.3 Å². The molecule has 0 spiro atoms. The molecule has 1 amide bonds. The highest BCUT2D eigenvalue weighted by atomic mass is 16.5. The van der Waals surface area contributed by atoms with E-state index in [-0.39, 0.29) is 11.6 Å². The van der Waals surface area contributed by atoms with Crippen LogP contribution in [0.1, 0.15) is 21.7 Å². The van der Waals surface area contributed by atoms with Crippen LogP contribution in [-0.2, 0) is 6.54 Å². The molecule has 6 nitrogen and oxygen atoms in total. The van der Waals surface area contributed by atoms with Crippen molar-refractivity contribution in [2.75, 3.05) is 5.32 Å². The van der Waals surface area contributed by atoms with Crippen LogP contribution in [0.4, 0.5) is 5.69 Å². The predicted molar refractivity (Wildman–Crippen MR) is 102 cm³/mol. The fourth-order valence-electron chi connectivity index (χ4n) is 2.80. The molecule has 6 heteroatoms. The fraction of sp³-hybridized carbons (Fsp3) is 0.0952. The summed E-state index contributed by atoms with van der Waals surface area (Å²) in [5, 5.41) is 11.2. The molecule has 2 heterocycles. The number of nitrogens with one attached hydrogen (secondary N) is 1. The van der Waals surface area contributed by atoms with Gasteiger partial charge in [-0.2, -0.15) is 5.10 Å². The molecule has 4 aromatic rings. The number of amides is 1. The smallest absolute Gasteiger partial charge is 0.277 e. The molecule has 0 radical (unpaired) electrons. The van der Waals surface area contributed by atoms with E-state index in [2.05, 4.69) is 15.6 Å². The Hall–Kier alpha value is -3.67. The van der Waals surface area contributed by atoms with Crippen molar-refractivity contribution < 1.29 is 9.32 Å². The molecule has 0 saturated carbocycles. The van der Waals surface area contributed by atoms with Crippen LogP contribution in [0.3, 0.4) is 0 Å². The van der Waals surface area contributed by atoms with E-state index < -0.39 is 0 Å². The molecule has 2 aromatic carbocycles. The van der Waals surface area contributed by atoms with Gasteiger partial charge in [0.15, 0.2) is 11.5 Å². The highest BCUT2D eigenvalue weighted by Gasteiger charge is 2.16. The van der Waals surface area contributed by atoms with Crippen LogP contribution in [0.15, 0.2) is 77.4 Å². The summed E-state index contributed by atoms with van der Waals surface area (Å²) in [4.78, 5) is 12.5. The zero-order chi connectivity index (χ0) is 18.6. The Morgan fingerprint density at radius 1 is 1.07 bits per heavy atom. The second kappa shape index (κ2) is 7.29. The zero-order valence-electron chi connectivity index (χ0n) is 14.8. The lowest BCUT2D eigenvalue weighted by Gasteiger charge is -2.01. The summed E-state index contributed by atoms with van der Waals surface area (Å²) in [6, 6.07) is 21.2. The van der Waals surface area contributed by atoms with Gasteiger partial charge in [-0.1, -0.05) is 65.8 Å². The first kappa shape index (κ1) is 16.8. The van der Waals surface area contributed by atoms with Gasteiger partial charge in [0, 0.05) is 17.8 Å². The standard InChI is InChI=1S/C21H18N4O2/c1-15-19(14-25(23-15)13-16-8-4-2-5-9-16)22-21(26)18-12-20(27-24-18)17-10-6-3-7-11-17/h2-12,14H,13H2,1H3,(H,22,26). The number of aryl methyl sites for hydroxylation is 1. The summed E-state index contributed by atoms with van der Waals surface area (Å²) in [5.74, 6) is 0.223. The van der Waals surface area contributed by atoms with Crippen molar-refractivity contribution in [2.45, 2.75) is 13.5 Å². The van der Waals surface area contributed by atoms with Crippen LogP contribution in [-0.4, -0.2) is 20.8 Å². The first-order valence-electron chi connectivity index (χ1n) is 8.60. The molecule has 0 aliphatic rings. The van der Waals surface area contributed by atoms with Crippen molar-refractivity contribution >= 4 is 11.6 Å². The normalized spacial score (nSPS) is 10.7. The van der Waals surface area contributed by atoms with Gasteiger partial charge in [0.05, 0.1) is 17.9 Å². The number of carbonyl (C=O) groups is 1. The number of hydrogen-bond acceptors (Lipinski definition) is 4. The molecule has 1 N–H and O–H groups in total. The van der Waals surface area contributed by atoms with Crippen molar-refractivity contribution in [3.8, 4) is 11.3 Å². The van der Waals surface area contributed by atoms with Gasteiger partial charge in [0.25, 0.3) is 5.91 Å². The SMILES string of the molecule is Cc1nn(Cc2ccccc2)cc1NC(=O)c1cc(-c2ccccc2)on1. The number of carbonyl (C=O) groups excluding carboxylic acids is 1. The van der Waals surface area contributed by atoms with Gasteiger partial charge in [-0.3, -0.25) is 9.48 Å². The van der Waals surface area contributed by atoms with Gasteiger partial charge in [-0.25, -0.2) is 0 Å². The molecule has 0 saturated heterocycles. The van der Waals surface area contributed by atoms with Gasteiger partial charge in [-0.15, -0.1) is 0 Å². The molecule has 0 aliphatic heterocycles. The van der Waals surface area contributed by atoms with E-state index in [4.69, 9.17) is 4.52 Å². The maximum atomic E-state index is 12.5.